The Morgan fingerprint density at radius 3 is 2.69 bits per heavy atom. The van der Waals surface area contributed by atoms with Crippen molar-refractivity contribution in [2.24, 2.45) is 0 Å². The molecule has 1 heterocycles. The van der Waals surface area contributed by atoms with E-state index in [0.717, 1.165) is 30.6 Å². The molecule has 68 valence electrons. The third kappa shape index (κ3) is 1.30. The SMILES string of the molecule is COc1ccc(C2(C=O)CC2)nc1. The number of methoxy groups -OCH3 is 1. The van der Waals surface area contributed by atoms with Gasteiger partial charge in [0.15, 0.2) is 0 Å². The summed E-state index contributed by atoms with van der Waals surface area (Å²) in [5.74, 6) is 0.727. The van der Waals surface area contributed by atoms with Crippen molar-refractivity contribution in [3.63, 3.8) is 0 Å². The molecule has 0 bridgehead atoms. The normalized spacial score (nSPS) is 17.9. The van der Waals surface area contributed by atoms with Crippen molar-refractivity contribution in [1.29, 1.82) is 0 Å². The van der Waals surface area contributed by atoms with Crippen LogP contribution in [-0.4, -0.2) is 18.4 Å². The number of carbonyl (C=O) groups excluding carboxylic acids is 1. The number of hydrogen-bond acceptors (Lipinski definition) is 3. The maximum absolute atomic E-state index is 10.8. The first-order valence-corrected chi connectivity index (χ1v) is 4.28. The monoisotopic (exact) mass is 177 g/mol. The number of pyridine rings is 1. The van der Waals surface area contributed by atoms with E-state index < -0.39 is 0 Å². The van der Waals surface area contributed by atoms with Gasteiger partial charge in [0, 0.05) is 0 Å². The molecule has 1 saturated carbocycles. The molecule has 3 heteroatoms. The molecule has 3 nitrogen and oxygen atoms in total. The lowest BCUT2D eigenvalue weighted by molar-refractivity contribution is -0.109. The van der Waals surface area contributed by atoms with Crippen LogP contribution in [0.15, 0.2) is 18.3 Å². The van der Waals surface area contributed by atoms with Crippen LogP contribution in [-0.2, 0) is 10.2 Å². The zero-order chi connectivity index (χ0) is 9.31. The van der Waals surface area contributed by atoms with Gasteiger partial charge in [0.2, 0.25) is 0 Å². The highest BCUT2D eigenvalue weighted by atomic mass is 16.5. The summed E-state index contributed by atoms with van der Waals surface area (Å²) in [4.78, 5) is 15.0. The van der Waals surface area contributed by atoms with E-state index in [0.29, 0.717) is 0 Å². The lowest BCUT2D eigenvalue weighted by Crippen LogP contribution is -2.09. The number of ether oxygens (including phenoxy) is 1. The molecule has 1 aliphatic carbocycles. The van der Waals surface area contributed by atoms with Crippen LogP contribution in [0.25, 0.3) is 0 Å². The summed E-state index contributed by atoms with van der Waals surface area (Å²) in [5, 5.41) is 0. The van der Waals surface area contributed by atoms with E-state index >= 15 is 0 Å². The largest absolute Gasteiger partial charge is 0.495 e. The molecule has 0 atom stereocenters. The fourth-order valence-corrected chi connectivity index (χ4v) is 1.36. The fourth-order valence-electron chi connectivity index (χ4n) is 1.36. The zero-order valence-electron chi connectivity index (χ0n) is 7.49. The van der Waals surface area contributed by atoms with Gasteiger partial charge in [-0.2, -0.15) is 0 Å². The standard InChI is InChI=1S/C10H11NO2/c1-13-8-2-3-9(11-6-8)10(7-12)4-5-10/h2-3,6-7H,4-5H2,1H3. The van der Waals surface area contributed by atoms with E-state index in [-0.39, 0.29) is 5.41 Å². The molecule has 0 aromatic carbocycles. The number of aromatic nitrogens is 1. The second kappa shape index (κ2) is 2.83. The summed E-state index contributed by atoms with van der Waals surface area (Å²) in [5.41, 5.74) is 0.593. The van der Waals surface area contributed by atoms with Crippen molar-refractivity contribution < 1.29 is 9.53 Å². The van der Waals surface area contributed by atoms with Crippen LogP contribution in [0.5, 0.6) is 5.75 Å². The molecule has 1 fully saturated rings. The van der Waals surface area contributed by atoms with E-state index in [9.17, 15) is 4.79 Å². The number of hydrogen-bond donors (Lipinski definition) is 0. The van der Waals surface area contributed by atoms with Gasteiger partial charge in [-0.25, -0.2) is 0 Å². The molecule has 0 unspecified atom stereocenters. The second-order valence-corrected chi connectivity index (χ2v) is 3.36. The van der Waals surface area contributed by atoms with Crippen LogP contribution < -0.4 is 4.74 Å². The van der Waals surface area contributed by atoms with Gasteiger partial charge in [-0.1, -0.05) is 0 Å². The van der Waals surface area contributed by atoms with Crippen LogP contribution in [0.1, 0.15) is 18.5 Å². The van der Waals surface area contributed by atoms with E-state index in [2.05, 4.69) is 4.98 Å². The minimum atomic E-state index is -0.272. The summed E-state index contributed by atoms with van der Waals surface area (Å²) >= 11 is 0. The summed E-state index contributed by atoms with van der Waals surface area (Å²) in [6.07, 6.45) is 4.51. The van der Waals surface area contributed by atoms with Gasteiger partial charge in [-0.15, -0.1) is 0 Å². The summed E-state index contributed by atoms with van der Waals surface area (Å²) < 4.78 is 4.99. The van der Waals surface area contributed by atoms with E-state index in [1.165, 1.54) is 0 Å². The third-order valence-corrected chi connectivity index (χ3v) is 2.50. The minimum absolute atomic E-state index is 0.272. The molecule has 0 amide bonds. The molecule has 0 radical (unpaired) electrons. The Hall–Kier alpha value is -1.38. The smallest absolute Gasteiger partial charge is 0.137 e. The van der Waals surface area contributed by atoms with E-state index in [1.54, 1.807) is 13.3 Å². The molecule has 13 heavy (non-hydrogen) atoms. The quantitative estimate of drug-likeness (QED) is 0.653. The Balaban J connectivity index is 2.28. The van der Waals surface area contributed by atoms with Crippen molar-refractivity contribution in [2.45, 2.75) is 18.3 Å². The molecule has 1 aromatic rings. The van der Waals surface area contributed by atoms with Crippen LogP contribution in [0.2, 0.25) is 0 Å². The van der Waals surface area contributed by atoms with Gasteiger partial charge >= 0.3 is 0 Å². The molecule has 1 aliphatic rings. The number of aldehydes is 1. The third-order valence-electron chi connectivity index (χ3n) is 2.50. The van der Waals surface area contributed by atoms with Gasteiger partial charge in [0.25, 0.3) is 0 Å². The Morgan fingerprint density at radius 1 is 1.54 bits per heavy atom. The first kappa shape index (κ1) is 8.23. The lowest BCUT2D eigenvalue weighted by atomic mass is 10.0. The van der Waals surface area contributed by atoms with Crippen molar-refractivity contribution >= 4 is 6.29 Å². The van der Waals surface area contributed by atoms with E-state index in [1.807, 2.05) is 12.1 Å². The molecule has 0 aliphatic heterocycles. The summed E-state index contributed by atoms with van der Waals surface area (Å²) in [7, 11) is 1.60. The zero-order valence-corrected chi connectivity index (χ0v) is 7.49. The molecule has 0 N–H and O–H groups in total. The lowest BCUT2D eigenvalue weighted by Gasteiger charge is -2.06. The van der Waals surface area contributed by atoms with Gasteiger partial charge in [-0.3, -0.25) is 4.98 Å². The molecule has 1 aromatic heterocycles. The highest BCUT2D eigenvalue weighted by Crippen LogP contribution is 2.45. The van der Waals surface area contributed by atoms with Crippen LogP contribution >= 0.6 is 0 Å². The first-order valence-electron chi connectivity index (χ1n) is 4.28. The number of nitrogens with zero attached hydrogens (tertiary/aromatic N) is 1. The molecule has 0 saturated heterocycles. The number of rotatable bonds is 3. The summed E-state index contributed by atoms with van der Waals surface area (Å²) in [6, 6.07) is 3.70. The maximum Gasteiger partial charge on any atom is 0.137 e. The highest BCUT2D eigenvalue weighted by Gasteiger charge is 2.45. The Kier molecular flexibility index (Phi) is 1.79. The van der Waals surface area contributed by atoms with Gasteiger partial charge in [-0.05, 0) is 25.0 Å². The van der Waals surface area contributed by atoms with Crippen molar-refractivity contribution in [3.8, 4) is 5.75 Å². The van der Waals surface area contributed by atoms with Crippen molar-refractivity contribution in [1.82, 2.24) is 4.98 Å². The van der Waals surface area contributed by atoms with Gasteiger partial charge in [0.05, 0.1) is 24.4 Å². The first-order chi connectivity index (χ1) is 6.30. The predicted octanol–water partition coefficient (Wildman–Crippen LogP) is 1.32. The van der Waals surface area contributed by atoms with Crippen LogP contribution in [0.4, 0.5) is 0 Å². The molecular weight excluding hydrogens is 166 g/mol. The Morgan fingerprint density at radius 2 is 2.31 bits per heavy atom. The minimum Gasteiger partial charge on any atom is -0.495 e. The van der Waals surface area contributed by atoms with Gasteiger partial charge in [0.1, 0.15) is 12.0 Å². The van der Waals surface area contributed by atoms with Crippen molar-refractivity contribution in [2.75, 3.05) is 7.11 Å². The average molecular weight is 177 g/mol. The van der Waals surface area contributed by atoms with Crippen molar-refractivity contribution in [3.05, 3.63) is 24.0 Å². The molecule has 2 rings (SSSR count). The number of carbonyl (C=O) groups is 1. The Labute approximate surface area is 76.7 Å². The van der Waals surface area contributed by atoms with Gasteiger partial charge < -0.3 is 9.53 Å². The second-order valence-electron chi connectivity index (χ2n) is 3.36. The van der Waals surface area contributed by atoms with Crippen LogP contribution in [0, 0.1) is 0 Å². The van der Waals surface area contributed by atoms with E-state index in [4.69, 9.17) is 4.74 Å². The van der Waals surface area contributed by atoms with Crippen LogP contribution in [0.3, 0.4) is 0 Å². The predicted molar refractivity (Wildman–Crippen MR) is 47.8 cm³/mol. The Bertz CT molecular complexity index is 314. The fraction of sp³-hybridized carbons (Fsp3) is 0.400. The molecule has 0 spiro atoms. The average Bonchev–Trinajstić information content (AvgIpc) is 2.99. The maximum atomic E-state index is 10.8. The molecular formula is C10H11NO2. The summed E-state index contributed by atoms with van der Waals surface area (Å²) in [6.45, 7) is 0. The topological polar surface area (TPSA) is 39.2 Å². The highest BCUT2D eigenvalue weighted by molar-refractivity contribution is 5.71.